The van der Waals surface area contributed by atoms with Crippen molar-refractivity contribution in [3.05, 3.63) is 62.2 Å². The third-order valence-electron chi connectivity index (χ3n) is 2.49. The maximum absolute atomic E-state index is 11.9. The maximum Gasteiger partial charge on any atom is 0.340 e. The van der Waals surface area contributed by atoms with E-state index in [0.29, 0.717) is 10.7 Å². The zero-order chi connectivity index (χ0) is 13.8. The molecule has 5 heteroatoms. The summed E-state index contributed by atoms with van der Waals surface area (Å²) in [6.45, 7) is 0.209. The van der Waals surface area contributed by atoms with Crippen LogP contribution in [0.3, 0.4) is 0 Å². The summed E-state index contributed by atoms with van der Waals surface area (Å²) in [5.41, 5.74) is 7.31. The van der Waals surface area contributed by atoms with E-state index < -0.39 is 5.97 Å². The van der Waals surface area contributed by atoms with Gasteiger partial charge in [-0.2, -0.15) is 0 Å². The number of hydrogen-bond acceptors (Lipinski definition) is 3. The minimum atomic E-state index is -0.476. The van der Waals surface area contributed by atoms with E-state index >= 15 is 0 Å². The molecule has 0 unspecified atom stereocenters. The van der Waals surface area contributed by atoms with E-state index in [1.54, 1.807) is 12.1 Å². The van der Waals surface area contributed by atoms with Gasteiger partial charge in [0.05, 0.1) is 10.6 Å². The average Bonchev–Trinajstić information content (AvgIpc) is 2.40. The van der Waals surface area contributed by atoms with Crippen LogP contribution in [0.25, 0.3) is 0 Å². The minimum absolute atomic E-state index is 0.209. The number of benzene rings is 2. The van der Waals surface area contributed by atoms with Gasteiger partial charge in [-0.1, -0.05) is 23.7 Å². The summed E-state index contributed by atoms with van der Waals surface area (Å²) in [5.74, 6) is -0.476. The van der Waals surface area contributed by atoms with E-state index in [4.69, 9.17) is 22.1 Å². The fourth-order valence-electron chi connectivity index (χ4n) is 1.51. The van der Waals surface area contributed by atoms with Gasteiger partial charge in [0.15, 0.2) is 0 Å². The fourth-order valence-corrected chi connectivity index (χ4v) is 2.06. The highest BCUT2D eigenvalue weighted by Gasteiger charge is 2.12. The lowest BCUT2D eigenvalue weighted by atomic mass is 10.2. The Morgan fingerprint density at radius 3 is 2.58 bits per heavy atom. The van der Waals surface area contributed by atoms with Crippen molar-refractivity contribution in [3.63, 3.8) is 0 Å². The van der Waals surface area contributed by atoms with Crippen LogP contribution in [0, 0.1) is 3.57 Å². The zero-order valence-corrected chi connectivity index (χ0v) is 12.8. The Balaban J connectivity index is 2.05. The zero-order valence-electron chi connectivity index (χ0n) is 9.90. The number of carbonyl (C=O) groups excluding carboxylic acids is 1. The van der Waals surface area contributed by atoms with Crippen LogP contribution >= 0.6 is 34.2 Å². The van der Waals surface area contributed by atoms with Crippen LogP contribution in [0.5, 0.6) is 0 Å². The van der Waals surface area contributed by atoms with Crippen molar-refractivity contribution in [1.82, 2.24) is 0 Å². The number of halogens is 2. The van der Waals surface area contributed by atoms with Crippen molar-refractivity contribution in [2.75, 3.05) is 5.73 Å². The number of esters is 1. The summed E-state index contributed by atoms with van der Waals surface area (Å²) < 4.78 is 6.34. The molecule has 0 aliphatic heterocycles. The van der Waals surface area contributed by atoms with Gasteiger partial charge in [-0.25, -0.2) is 4.79 Å². The van der Waals surface area contributed by atoms with Crippen LogP contribution in [-0.4, -0.2) is 5.97 Å². The molecule has 0 amide bonds. The molecule has 2 aromatic rings. The lowest BCUT2D eigenvalue weighted by Crippen LogP contribution is -2.06. The molecule has 0 atom stereocenters. The lowest BCUT2D eigenvalue weighted by Gasteiger charge is -2.07. The SMILES string of the molecule is Nc1ccc(Cl)c(C(=O)OCc2ccc(I)cc2)c1. The van der Waals surface area contributed by atoms with Gasteiger partial charge in [0.2, 0.25) is 0 Å². The van der Waals surface area contributed by atoms with Crippen molar-refractivity contribution >= 4 is 45.8 Å². The van der Waals surface area contributed by atoms with E-state index in [0.717, 1.165) is 9.13 Å². The van der Waals surface area contributed by atoms with Crippen LogP contribution in [0.1, 0.15) is 15.9 Å². The standard InChI is InChI=1S/C14H11ClINO2/c15-13-6-5-11(17)7-12(13)14(18)19-8-9-1-3-10(16)4-2-9/h1-7H,8,17H2. The van der Waals surface area contributed by atoms with Gasteiger partial charge in [0, 0.05) is 9.26 Å². The molecule has 0 saturated heterocycles. The molecular weight excluding hydrogens is 377 g/mol. The highest BCUT2D eigenvalue weighted by molar-refractivity contribution is 14.1. The predicted molar refractivity (Wildman–Crippen MR) is 84.1 cm³/mol. The third kappa shape index (κ3) is 3.84. The molecule has 98 valence electrons. The maximum atomic E-state index is 11.9. The molecule has 0 radical (unpaired) electrons. The Kier molecular flexibility index (Phi) is 4.66. The van der Waals surface area contributed by atoms with Gasteiger partial charge in [0.1, 0.15) is 6.61 Å². The molecular formula is C14H11ClINO2. The van der Waals surface area contributed by atoms with E-state index in [9.17, 15) is 4.79 Å². The van der Waals surface area contributed by atoms with Crippen molar-refractivity contribution in [2.24, 2.45) is 0 Å². The topological polar surface area (TPSA) is 52.3 Å². The molecule has 2 aromatic carbocycles. The first kappa shape index (κ1) is 14.1. The first-order valence-electron chi connectivity index (χ1n) is 5.53. The van der Waals surface area contributed by atoms with Gasteiger partial charge in [-0.15, -0.1) is 0 Å². The Morgan fingerprint density at radius 1 is 1.21 bits per heavy atom. The molecule has 0 spiro atoms. The summed E-state index contributed by atoms with van der Waals surface area (Å²) in [5, 5.41) is 0.335. The van der Waals surface area contributed by atoms with Gasteiger partial charge >= 0.3 is 5.97 Å². The Hall–Kier alpha value is -1.27. The predicted octanol–water partition coefficient (Wildman–Crippen LogP) is 3.88. The van der Waals surface area contributed by atoms with E-state index in [1.165, 1.54) is 6.07 Å². The third-order valence-corrected chi connectivity index (χ3v) is 3.54. The molecule has 0 aliphatic carbocycles. The monoisotopic (exact) mass is 387 g/mol. The number of anilines is 1. The summed E-state index contributed by atoms with van der Waals surface area (Å²) in [7, 11) is 0. The molecule has 0 aliphatic rings. The second kappa shape index (κ2) is 6.25. The number of nitrogens with two attached hydrogens (primary N) is 1. The minimum Gasteiger partial charge on any atom is -0.457 e. The highest BCUT2D eigenvalue weighted by atomic mass is 127. The van der Waals surface area contributed by atoms with E-state index in [-0.39, 0.29) is 12.2 Å². The normalized spacial score (nSPS) is 10.2. The van der Waals surface area contributed by atoms with Crippen molar-refractivity contribution in [2.45, 2.75) is 6.61 Å². The Labute approximate surface area is 129 Å². The first-order chi connectivity index (χ1) is 9.06. The van der Waals surface area contributed by atoms with Crippen molar-refractivity contribution in [1.29, 1.82) is 0 Å². The lowest BCUT2D eigenvalue weighted by molar-refractivity contribution is 0.0473. The molecule has 2 N–H and O–H groups in total. The molecule has 0 heterocycles. The van der Waals surface area contributed by atoms with Crippen LogP contribution in [0.15, 0.2) is 42.5 Å². The number of hydrogen-bond donors (Lipinski definition) is 1. The van der Waals surface area contributed by atoms with Crippen LogP contribution in [-0.2, 0) is 11.3 Å². The van der Waals surface area contributed by atoms with E-state index in [2.05, 4.69) is 22.6 Å². The van der Waals surface area contributed by atoms with Crippen LogP contribution < -0.4 is 5.73 Å². The Bertz CT molecular complexity index is 599. The molecule has 2 rings (SSSR count). The second-order valence-corrected chi connectivity index (χ2v) is 5.59. The van der Waals surface area contributed by atoms with Gasteiger partial charge in [0.25, 0.3) is 0 Å². The van der Waals surface area contributed by atoms with Crippen molar-refractivity contribution < 1.29 is 9.53 Å². The first-order valence-corrected chi connectivity index (χ1v) is 6.98. The average molecular weight is 388 g/mol. The highest BCUT2D eigenvalue weighted by Crippen LogP contribution is 2.20. The van der Waals surface area contributed by atoms with Crippen molar-refractivity contribution in [3.8, 4) is 0 Å². The van der Waals surface area contributed by atoms with Gasteiger partial charge in [-0.05, 0) is 58.5 Å². The fraction of sp³-hybridized carbons (Fsp3) is 0.0714. The molecule has 0 aromatic heterocycles. The molecule has 3 nitrogen and oxygen atoms in total. The van der Waals surface area contributed by atoms with Gasteiger partial charge < -0.3 is 10.5 Å². The summed E-state index contributed by atoms with van der Waals surface area (Å²) in [6.07, 6.45) is 0. The number of nitrogen functional groups attached to an aromatic ring is 1. The van der Waals surface area contributed by atoms with Crippen LogP contribution in [0.2, 0.25) is 5.02 Å². The summed E-state index contributed by atoms with van der Waals surface area (Å²) in [4.78, 5) is 11.9. The molecule has 0 bridgehead atoms. The van der Waals surface area contributed by atoms with Gasteiger partial charge in [-0.3, -0.25) is 0 Å². The van der Waals surface area contributed by atoms with E-state index in [1.807, 2.05) is 24.3 Å². The molecule has 0 saturated carbocycles. The number of ether oxygens (including phenoxy) is 1. The second-order valence-electron chi connectivity index (χ2n) is 3.94. The molecule has 0 fully saturated rings. The Morgan fingerprint density at radius 2 is 1.89 bits per heavy atom. The number of rotatable bonds is 3. The quantitative estimate of drug-likeness (QED) is 0.494. The summed E-state index contributed by atoms with van der Waals surface area (Å²) in [6, 6.07) is 12.5. The smallest absolute Gasteiger partial charge is 0.340 e. The largest absolute Gasteiger partial charge is 0.457 e. The van der Waals surface area contributed by atoms with Crippen LogP contribution in [0.4, 0.5) is 5.69 Å². The summed E-state index contributed by atoms with van der Waals surface area (Å²) >= 11 is 8.15. The molecule has 19 heavy (non-hydrogen) atoms. The number of carbonyl (C=O) groups is 1.